The van der Waals surface area contributed by atoms with E-state index in [4.69, 9.17) is 0 Å². The quantitative estimate of drug-likeness (QED) is 0.654. The van der Waals surface area contributed by atoms with Gasteiger partial charge < -0.3 is 0 Å². The minimum absolute atomic E-state index is 0.387. The highest BCUT2D eigenvalue weighted by Gasteiger charge is 2.35. The Morgan fingerprint density at radius 3 is 2.88 bits per heavy atom. The minimum atomic E-state index is 0.387. The molecule has 2 rings (SSSR count). The van der Waals surface area contributed by atoms with Gasteiger partial charge in [-0.05, 0) is 49.9 Å². The van der Waals surface area contributed by atoms with Gasteiger partial charge in [-0.25, -0.2) is 0 Å². The van der Waals surface area contributed by atoms with E-state index in [0.717, 1.165) is 25.7 Å². The summed E-state index contributed by atoms with van der Waals surface area (Å²) in [4.78, 5) is 11.7. The van der Waals surface area contributed by atoms with E-state index < -0.39 is 0 Å². The Labute approximate surface area is 99.3 Å². The molecule has 0 saturated heterocycles. The van der Waals surface area contributed by atoms with Gasteiger partial charge in [-0.3, -0.25) is 4.79 Å². The molecular weight excluding hydrogens is 196 g/mol. The molecule has 1 heteroatoms. The second-order valence-electron chi connectivity index (χ2n) is 6.06. The minimum Gasteiger partial charge on any atom is -0.299 e. The van der Waals surface area contributed by atoms with Crippen LogP contribution in [0.1, 0.15) is 58.8 Å². The Morgan fingerprint density at radius 1 is 1.50 bits per heavy atom. The van der Waals surface area contributed by atoms with Crippen LogP contribution < -0.4 is 0 Å². The van der Waals surface area contributed by atoms with Crippen LogP contribution in [0.5, 0.6) is 0 Å². The maximum Gasteiger partial charge on any atom is 0.135 e. The summed E-state index contributed by atoms with van der Waals surface area (Å²) in [6.45, 7) is 4.76. The van der Waals surface area contributed by atoms with E-state index in [1.807, 2.05) is 0 Å². The van der Waals surface area contributed by atoms with Crippen molar-refractivity contribution < 1.29 is 4.79 Å². The third kappa shape index (κ3) is 2.39. The molecule has 0 amide bonds. The molecule has 0 spiro atoms. The third-order valence-corrected chi connectivity index (χ3v) is 4.89. The lowest BCUT2D eigenvalue weighted by Crippen LogP contribution is -2.28. The molecule has 0 heterocycles. The molecule has 2 aliphatic rings. The van der Waals surface area contributed by atoms with Gasteiger partial charge >= 0.3 is 0 Å². The first-order valence-electron chi connectivity index (χ1n) is 6.79. The summed E-state index contributed by atoms with van der Waals surface area (Å²) >= 11 is 0. The number of hydrogen-bond acceptors (Lipinski definition) is 1. The molecule has 90 valence electrons. The molecule has 0 N–H and O–H groups in total. The molecule has 0 aromatic rings. The fraction of sp³-hybridized carbons (Fsp3) is 0.800. The van der Waals surface area contributed by atoms with Crippen LogP contribution in [0.4, 0.5) is 0 Å². The van der Waals surface area contributed by atoms with Crippen LogP contribution in [0.25, 0.3) is 0 Å². The van der Waals surface area contributed by atoms with Crippen LogP contribution in [0.15, 0.2) is 12.2 Å². The number of ketones is 1. The summed E-state index contributed by atoms with van der Waals surface area (Å²) in [5.41, 5.74) is 0.442. The summed E-state index contributed by atoms with van der Waals surface area (Å²) < 4.78 is 0. The highest BCUT2D eigenvalue weighted by molar-refractivity contribution is 5.82. The number of Topliss-reactive ketones (excluding diaryl/α,β-unsaturated/α-hetero) is 1. The Hall–Kier alpha value is -0.590. The fourth-order valence-corrected chi connectivity index (χ4v) is 3.28. The highest BCUT2D eigenvalue weighted by Crippen LogP contribution is 2.43. The number of hydrogen-bond donors (Lipinski definition) is 0. The van der Waals surface area contributed by atoms with Crippen LogP contribution in [0.3, 0.4) is 0 Å². The molecule has 3 atom stereocenters. The molecule has 0 radical (unpaired) electrons. The molecule has 16 heavy (non-hydrogen) atoms. The predicted molar refractivity (Wildman–Crippen MR) is 67.2 cm³/mol. The standard InChI is InChI=1S/C15H24O/c1-12(11-13-7-6-8-14(13)16)15(2)9-4-3-5-10-15/h3-4,12-13H,5-11H2,1-2H3. The molecule has 1 saturated carbocycles. The van der Waals surface area contributed by atoms with Crippen LogP contribution in [0, 0.1) is 17.3 Å². The van der Waals surface area contributed by atoms with Crippen molar-refractivity contribution in [1.82, 2.24) is 0 Å². The molecule has 1 fully saturated rings. The largest absolute Gasteiger partial charge is 0.299 e. The van der Waals surface area contributed by atoms with E-state index in [9.17, 15) is 4.79 Å². The van der Waals surface area contributed by atoms with Crippen molar-refractivity contribution in [2.45, 2.75) is 58.8 Å². The van der Waals surface area contributed by atoms with Crippen molar-refractivity contribution in [1.29, 1.82) is 0 Å². The predicted octanol–water partition coefficient (Wildman–Crippen LogP) is 4.13. The van der Waals surface area contributed by atoms with E-state index >= 15 is 0 Å². The van der Waals surface area contributed by atoms with E-state index in [-0.39, 0.29) is 0 Å². The number of allylic oxidation sites excluding steroid dienone is 2. The molecule has 3 unspecified atom stereocenters. The first-order chi connectivity index (χ1) is 7.62. The number of carbonyl (C=O) groups excluding carboxylic acids is 1. The number of rotatable bonds is 3. The second-order valence-corrected chi connectivity index (χ2v) is 6.06. The SMILES string of the molecule is CC(CC1CCCC1=O)C1(C)CC=CCC1. The van der Waals surface area contributed by atoms with Crippen molar-refractivity contribution in [3.63, 3.8) is 0 Å². The molecule has 1 nitrogen and oxygen atoms in total. The van der Waals surface area contributed by atoms with Gasteiger partial charge in [0.15, 0.2) is 0 Å². The zero-order chi connectivity index (χ0) is 11.6. The van der Waals surface area contributed by atoms with E-state index in [2.05, 4.69) is 26.0 Å². The van der Waals surface area contributed by atoms with E-state index in [0.29, 0.717) is 23.0 Å². The Balaban J connectivity index is 1.93. The van der Waals surface area contributed by atoms with Gasteiger partial charge in [0.2, 0.25) is 0 Å². The van der Waals surface area contributed by atoms with Crippen molar-refractivity contribution in [2.75, 3.05) is 0 Å². The highest BCUT2D eigenvalue weighted by atomic mass is 16.1. The lowest BCUT2D eigenvalue weighted by Gasteiger charge is -2.38. The van der Waals surface area contributed by atoms with Crippen LogP contribution >= 0.6 is 0 Å². The van der Waals surface area contributed by atoms with Gasteiger partial charge in [0.05, 0.1) is 0 Å². The Bertz CT molecular complexity index is 292. The molecule has 0 aromatic carbocycles. The van der Waals surface area contributed by atoms with Crippen molar-refractivity contribution >= 4 is 5.78 Å². The maximum absolute atomic E-state index is 11.7. The van der Waals surface area contributed by atoms with Crippen molar-refractivity contribution in [2.24, 2.45) is 17.3 Å². The second kappa shape index (κ2) is 4.73. The van der Waals surface area contributed by atoms with Gasteiger partial charge in [0.25, 0.3) is 0 Å². The van der Waals surface area contributed by atoms with Crippen LogP contribution in [0.2, 0.25) is 0 Å². The Kier molecular flexibility index (Phi) is 3.51. The average Bonchev–Trinajstić information content (AvgIpc) is 2.65. The smallest absolute Gasteiger partial charge is 0.135 e. The van der Waals surface area contributed by atoms with Crippen LogP contribution in [-0.2, 0) is 4.79 Å². The summed E-state index contributed by atoms with van der Waals surface area (Å²) in [5, 5.41) is 0. The van der Waals surface area contributed by atoms with E-state index in [1.165, 1.54) is 19.3 Å². The zero-order valence-corrected chi connectivity index (χ0v) is 10.7. The Morgan fingerprint density at radius 2 is 2.31 bits per heavy atom. The lowest BCUT2D eigenvalue weighted by molar-refractivity contribution is -0.121. The first kappa shape index (κ1) is 11.9. The monoisotopic (exact) mass is 220 g/mol. The maximum atomic E-state index is 11.7. The molecule has 0 aliphatic heterocycles. The molecule has 0 aromatic heterocycles. The summed E-state index contributed by atoms with van der Waals surface area (Å²) in [6, 6.07) is 0. The molecule has 0 bridgehead atoms. The average molecular weight is 220 g/mol. The van der Waals surface area contributed by atoms with Crippen molar-refractivity contribution in [3.8, 4) is 0 Å². The van der Waals surface area contributed by atoms with Gasteiger partial charge in [-0.15, -0.1) is 0 Å². The molecule has 2 aliphatic carbocycles. The van der Waals surface area contributed by atoms with Gasteiger partial charge in [-0.2, -0.15) is 0 Å². The number of carbonyl (C=O) groups is 1. The first-order valence-corrected chi connectivity index (χ1v) is 6.79. The van der Waals surface area contributed by atoms with Crippen molar-refractivity contribution in [3.05, 3.63) is 12.2 Å². The van der Waals surface area contributed by atoms with E-state index in [1.54, 1.807) is 0 Å². The van der Waals surface area contributed by atoms with Gasteiger partial charge in [-0.1, -0.05) is 26.0 Å². The van der Waals surface area contributed by atoms with Crippen LogP contribution in [-0.4, -0.2) is 5.78 Å². The normalized spacial score (nSPS) is 36.6. The summed E-state index contributed by atoms with van der Waals surface area (Å²) in [7, 11) is 0. The van der Waals surface area contributed by atoms with Gasteiger partial charge in [0.1, 0.15) is 5.78 Å². The molecular formula is C15H24O. The summed E-state index contributed by atoms with van der Waals surface area (Å²) in [6.07, 6.45) is 12.6. The third-order valence-electron chi connectivity index (χ3n) is 4.89. The summed E-state index contributed by atoms with van der Waals surface area (Å²) in [5.74, 6) is 1.60. The zero-order valence-electron chi connectivity index (χ0n) is 10.7. The topological polar surface area (TPSA) is 17.1 Å². The lowest BCUT2D eigenvalue weighted by atomic mass is 9.67. The fourth-order valence-electron chi connectivity index (χ4n) is 3.28. The van der Waals surface area contributed by atoms with Gasteiger partial charge in [0, 0.05) is 12.3 Å².